The van der Waals surface area contributed by atoms with Crippen LogP contribution in [0, 0.1) is 0 Å². The molecule has 0 radical (unpaired) electrons. The summed E-state index contributed by atoms with van der Waals surface area (Å²) in [6, 6.07) is 18.3. The summed E-state index contributed by atoms with van der Waals surface area (Å²) in [7, 11) is 0. The van der Waals surface area contributed by atoms with Gasteiger partial charge in [-0.3, -0.25) is 19.7 Å². The molecule has 0 aliphatic rings. The first-order valence-electron chi connectivity index (χ1n) is 9.70. The molecule has 8 nitrogen and oxygen atoms in total. The number of rotatable bonds is 10. The van der Waals surface area contributed by atoms with Crippen LogP contribution in [-0.4, -0.2) is 33.9 Å². The zero-order chi connectivity index (χ0) is 21.0. The van der Waals surface area contributed by atoms with Crippen molar-refractivity contribution in [3.8, 4) is 0 Å². The van der Waals surface area contributed by atoms with Gasteiger partial charge in [0.05, 0.1) is 11.4 Å². The molecule has 0 aliphatic heterocycles. The molecule has 2 aromatic heterocycles. The Morgan fingerprint density at radius 2 is 1.60 bits per heavy atom. The zero-order valence-corrected chi connectivity index (χ0v) is 16.6. The summed E-state index contributed by atoms with van der Waals surface area (Å²) in [5.74, 6) is -0.150. The Bertz CT molecular complexity index is 930. The number of aromatic nitrogens is 2. The van der Waals surface area contributed by atoms with Gasteiger partial charge in [-0.15, -0.1) is 0 Å². The van der Waals surface area contributed by atoms with Crippen LogP contribution in [0.1, 0.15) is 28.2 Å². The lowest BCUT2D eigenvalue weighted by atomic mass is 10.2. The average Bonchev–Trinajstić information content (AvgIpc) is 2.78. The van der Waals surface area contributed by atoms with Crippen LogP contribution in [0.25, 0.3) is 10.4 Å². The highest BCUT2D eigenvalue weighted by Crippen LogP contribution is 2.13. The molecule has 152 valence electrons. The van der Waals surface area contributed by atoms with Gasteiger partial charge in [0, 0.05) is 54.7 Å². The highest BCUT2D eigenvalue weighted by atomic mass is 16.1. The molecule has 2 heterocycles. The van der Waals surface area contributed by atoms with Crippen LogP contribution in [-0.2, 0) is 13.1 Å². The van der Waals surface area contributed by atoms with Crippen LogP contribution in [0.5, 0.6) is 0 Å². The van der Waals surface area contributed by atoms with Crippen molar-refractivity contribution in [2.24, 2.45) is 5.11 Å². The van der Waals surface area contributed by atoms with E-state index in [1.165, 1.54) is 0 Å². The molecule has 0 saturated carbocycles. The van der Waals surface area contributed by atoms with Crippen molar-refractivity contribution < 1.29 is 4.79 Å². The number of pyridine rings is 2. The zero-order valence-electron chi connectivity index (χ0n) is 16.6. The quantitative estimate of drug-likeness (QED) is 0.237. The Kier molecular flexibility index (Phi) is 7.91. The smallest absolute Gasteiger partial charge is 0.251 e. The molecule has 0 bridgehead atoms. The summed E-state index contributed by atoms with van der Waals surface area (Å²) in [6.45, 7) is 2.78. The number of nitrogens with zero attached hydrogens (tertiary/aromatic N) is 6. The van der Waals surface area contributed by atoms with Crippen LogP contribution in [0.15, 0.2) is 78.2 Å². The third kappa shape index (κ3) is 6.70. The molecule has 0 atom stereocenters. The third-order valence-electron chi connectivity index (χ3n) is 4.45. The van der Waals surface area contributed by atoms with Crippen molar-refractivity contribution in [3.05, 3.63) is 100 Å². The number of carbonyl (C=O) groups is 1. The molecule has 3 aromatic rings. The summed E-state index contributed by atoms with van der Waals surface area (Å²) in [5.41, 5.74) is 11.4. The largest absolute Gasteiger partial charge is 0.352 e. The molecule has 8 heteroatoms. The highest BCUT2D eigenvalue weighted by molar-refractivity contribution is 5.94. The molecule has 1 N–H and O–H groups in total. The Balaban J connectivity index is 1.51. The molecular weight excluding hydrogens is 378 g/mol. The van der Waals surface area contributed by atoms with Gasteiger partial charge in [0.25, 0.3) is 5.91 Å². The van der Waals surface area contributed by atoms with E-state index in [1.54, 1.807) is 36.7 Å². The molecule has 0 unspecified atom stereocenters. The summed E-state index contributed by atoms with van der Waals surface area (Å²) in [5, 5.41) is 6.44. The predicted molar refractivity (Wildman–Crippen MR) is 115 cm³/mol. The van der Waals surface area contributed by atoms with E-state index in [2.05, 4.69) is 30.2 Å². The van der Waals surface area contributed by atoms with E-state index in [0.717, 1.165) is 24.4 Å². The number of nitrogens with one attached hydrogen (secondary N) is 1. The number of hydrogen-bond donors (Lipinski definition) is 1. The number of amides is 1. The first kappa shape index (κ1) is 21.0. The number of hydrogen-bond acceptors (Lipinski definition) is 5. The molecule has 3 rings (SSSR count). The van der Waals surface area contributed by atoms with Crippen molar-refractivity contribution >= 4 is 11.6 Å². The van der Waals surface area contributed by atoms with Gasteiger partial charge >= 0.3 is 0 Å². The topological polar surface area (TPSA) is 107 Å². The van der Waals surface area contributed by atoms with Gasteiger partial charge in [-0.2, -0.15) is 0 Å². The molecule has 0 spiro atoms. The second-order valence-corrected chi connectivity index (χ2v) is 6.70. The lowest BCUT2D eigenvalue weighted by molar-refractivity contribution is 0.0951. The fourth-order valence-electron chi connectivity index (χ4n) is 2.99. The van der Waals surface area contributed by atoms with E-state index < -0.39 is 0 Å². The lowest BCUT2D eigenvalue weighted by Crippen LogP contribution is -2.30. The van der Waals surface area contributed by atoms with Crippen LogP contribution >= 0.6 is 0 Å². The minimum absolute atomic E-state index is 0.150. The van der Waals surface area contributed by atoms with E-state index >= 15 is 0 Å². The first-order chi connectivity index (χ1) is 14.7. The van der Waals surface area contributed by atoms with Crippen LogP contribution < -0.4 is 5.32 Å². The second-order valence-electron chi connectivity index (χ2n) is 6.70. The SMILES string of the molecule is [N-]=[N+]=Nc1ccc(C(=O)NCCCN(Cc2ccccn2)Cc2ccccn2)cc1. The van der Waals surface area contributed by atoms with Crippen molar-refractivity contribution in [2.45, 2.75) is 19.5 Å². The molecule has 30 heavy (non-hydrogen) atoms. The Morgan fingerprint density at radius 1 is 0.967 bits per heavy atom. The minimum Gasteiger partial charge on any atom is -0.352 e. The Labute approximate surface area is 175 Å². The summed E-state index contributed by atoms with van der Waals surface area (Å²) in [4.78, 5) is 26.1. The van der Waals surface area contributed by atoms with Crippen molar-refractivity contribution in [1.29, 1.82) is 0 Å². The maximum atomic E-state index is 12.3. The van der Waals surface area contributed by atoms with Crippen LogP contribution in [0.2, 0.25) is 0 Å². The molecule has 0 saturated heterocycles. The van der Waals surface area contributed by atoms with Gasteiger partial charge in [-0.1, -0.05) is 29.4 Å². The van der Waals surface area contributed by atoms with Crippen LogP contribution in [0.3, 0.4) is 0 Å². The van der Waals surface area contributed by atoms with E-state index in [-0.39, 0.29) is 5.91 Å². The van der Waals surface area contributed by atoms with Gasteiger partial charge in [-0.25, -0.2) is 0 Å². The van der Waals surface area contributed by atoms with Crippen molar-refractivity contribution in [3.63, 3.8) is 0 Å². The monoisotopic (exact) mass is 401 g/mol. The molecule has 0 fully saturated rings. The Morgan fingerprint density at radius 3 is 2.13 bits per heavy atom. The van der Waals surface area contributed by atoms with Gasteiger partial charge < -0.3 is 5.32 Å². The van der Waals surface area contributed by atoms with Gasteiger partial charge in [0.1, 0.15) is 0 Å². The highest BCUT2D eigenvalue weighted by Gasteiger charge is 2.10. The number of benzene rings is 1. The van der Waals surface area contributed by atoms with Gasteiger partial charge in [0.2, 0.25) is 0 Å². The number of azide groups is 1. The lowest BCUT2D eigenvalue weighted by Gasteiger charge is -2.21. The fraction of sp³-hybridized carbons (Fsp3) is 0.227. The molecule has 1 aromatic carbocycles. The van der Waals surface area contributed by atoms with E-state index in [0.29, 0.717) is 30.9 Å². The number of carbonyl (C=O) groups excluding carboxylic acids is 1. The van der Waals surface area contributed by atoms with E-state index in [9.17, 15) is 4.79 Å². The van der Waals surface area contributed by atoms with E-state index in [1.807, 2.05) is 36.4 Å². The summed E-state index contributed by atoms with van der Waals surface area (Å²) in [6.07, 6.45) is 4.38. The standard InChI is InChI=1S/C22H23N7O/c23-28-27-19-10-8-18(9-11-19)22(30)26-14-5-15-29(16-20-6-1-3-12-24-20)17-21-7-2-4-13-25-21/h1-4,6-13H,5,14-17H2,(H,26,30). The maximum absolute atomic E-state index is 12.3. The first-order valence-corrected chi connectivity index (χ1v) is 9.70. The second kappa shape index (κ2) is 11.3. The summed E-state index contributed by atoms with van der Waals surface area (Å²) < 4.78 is 0. The molecule has 1 amide bonds. The van der Waals surface area contributed by atoms with E-state index in [4.69, 9.17) is 5.53 Å². The normalized spacial score (nSPS) is 10.4. The molecule has 0 aliphatic carbocycles. The van der Waals surface area contributed by atoms with Crippen molar-refractivity contribution in [1.82, 2.24) is 20.2 Å². The molecular formula is C22H23N7O. The minimum atomic E-state index is -0.150. The third-order valence-corrected chi connectivity index (χ3v) is 4.45. The van der Waals surface area contributed by atoms with Crippen LogP contribution in [0.4, 0.5) is 5.69 Å². The summed E-state index contributed by atoms with van der Waals surface area (Å²) >= 11 is 0. The maximum Gasteiger partial charge on any atom is 0.251 e. The fourth-order valence-corrected chi connectivity index (χ4v) is 2.99. The van der Waals surface area contributed by atoms with Gasteiger partial charge in [-0.05, 0) is 48.4 Å². The predicted octanol–water partition coefficient (Wildman–Crippen LogP) is 4.24. The Hall–Kier alpha value is -3.74. The average molecular weight is 401 g/mol. The van der Waals surface area contributed by atoms with Gasteiger partial charge in [0.15, 0.2) is 0 Å². The van der Waals surface area contributed by atoms with Crippen molar-refractivity contribution in [2.75, 3.05) is 13.1 Å².